The lowest BCUT2D eigenvalue weighted by atomic mass is 10.4. The highest BCUT2D eigenvalue weighted by atomic mass is 16.5. The van der Waals surface area contributed by atoms with Gasteiger partial charge >= 0.3 is 0 Å². The number of aromatic nitrogens is 5. The molecule has 1 amide bonds. The molecule has 0 radical (unpaired) electrons. The molecular formula is C9H12N6O2. The number of aryl methyl sites for hydroxylation is 1. The fraction of sp³-hybridized carbons (Fsp3) is 0.333. The summed E-state index contributed by atoms with van der Waals surface area (Å²) in [6.45, 7) is 0.302. The number of amides is 1. The van der Waals surface area contributed by atoms with E-state index in [0.29, 0.717) is 18.1 Å². The Morgan fingerprint density at radius 3 is 3.06 bits per heavy atom. The van der Waals surface area contributed by atoms with E-state index in [4.69, 9.17) is 4.74 Å². The summed E-state index contributed by atoms with van der Waals surface area (Å²) in [6.07, 6.45) is 1.28. The van der Waals surface area contributed by atoms with Crippen molar-refractivity contribution in [3.63, 3.8) is 0 Å². The van der Waals surface area contributed by atoms with Crippen molar-refractivity contribution in [2.24, 2.45) is 7.05 Å². The lowest BCUT2D eigenvalue weighted by molar-refractivity contribution is 0.0940. The standard InChI is InChI=1S/C9H12N6O2/c1-15-7(17-2)3-6(14-15)4-10-9(16)8-11-5-12-13-8/h3,5H,4H2,1-2H3,(H,10,16)(H,11,12,13). The van der Waals surface area contributed by atoms with Gasteiger partial charge in [-0.05, 0) is 0 Å². The molecule has 0 spiro atoms. The van der Waals surface area contributed by atoms with Crippen molar-refractivity contribution < 1.29 is 9.53 Å². The number of nitrogens with one attached hydrogen (secondary N) is 2. The lowest BCUT2D eigenvalue weighted by Gasteiger charge is -1.98. The van der Waals surface area contributed by atoms with E-state index in [1.165, 1.54) is 6.33 Å². The van der Waals surface area contributed by atoms with Gasteiger partial charge in [0.25, 0.3) is 5.91 Å². The van der Waals surface area contributed by atoms with Crippen LogP contribution in [0.2, 0.25) is 0 Å². The molecule has 90 valence electrons. The van der Waals surface area contributed by atoms with Crippen molar-refractivity contribution in [2.45, 2.75) is 6.54 Å². The summed E-state index contributed by atoms with van der Waals surface area (Å²) < 4.78 is 6.66. The zero-order valence-corrected chi connectivity index (χ0v) is 9.47. The summed E-state index contributed by atoms with van der Waals surface area (Å²) in [6, 6.07) is 1.75. The summed E-state index contributed by atoms with van der Waals surface area (Å²) in [5.41, 5.74) is 0.706. The number of hydrogen-bond donors (Lipinski definition) is 2. The van der Waals surface area contributed by atoms with Crippen LogP contribution in [-0.2, 0) is 13.6 Å². The second kappa shape index (κ2) is 4.64. The van der Waals surface area contributed by atoms with Gasteiger partial charge in [0.2, 0.25) is 11.7 Å². The minimum Gasteiger partial charge on any atom is -0.481 e. The zero-order valence-electron chi connectivity index (χ0n) is 9.47. The summed E-state index contributed by atoms with van der Waals surface area (Å²) in [5, 5.41) is 12.9. The highest BCUT2D eigenvalue weighted by Crippen LogP contribution is 2.10. The molecule has 0 unspecified atom stereocenters. The van der Waals surface area contributed by atoms with Gasteiger partial charge in [-0.25, -0.2) is 9.67 Å². The second-order valence-electron chi connectivity index (χ2n) is 3.32. The van der Waals surface area contributed by atoms with Crippen LogP contribution in [0, 0.1) is 0 Å². The maximum atomic E-state index is 11.5. The number of rotatable bonds is 4. The number of aromatic amines is 1. The predicted octanol–water partition coefficient (Wildman–Crippen LogP) is -0.523. The van der Waals surface area contributed by atoms with Crippen molar-refractivity contribution in [1.82, 2.24) is 30.3 Å². The Balaban J connectivity index is 1.96. The van der Waals surface area contributed by atoms with Crippen LogP contribution in [-0.4, -0.2) is 38.0 Å². The molecule has 0 fully saturated rings. The molecule has 0 bridgehead atoms. The minimum absolute atomic E-state index is 0.174. The third kappa shape index (κ3) is 2.41. The first kappa shape index (κ1) is 11.1. The van der Waals surface area contributed by atoms with Gasteiger partial charge in [0, 0.05) is 13.1 Å². The Bertz CT molecular complexity index is 504. The van der Waals surface area contributed by atoms with Gasteiger partial charge in [-0.1, -0.05) is 0 Å². The summed E-state index contributed by atoms with van der Waals surface area (Å²) in [5.74, 6) is 0.480. The normalized spacial score (nSPS) is 10.2. The Kier molecular flexibility index (Phi) is 3.03. The highest BCUT2D eigenvalue weighted by Gasteiger charge is 2.10. The number of nitrogens with zero attached hydrogens (tertiary/aromatic N) is 4. The van der Waals surface area contributed by atoms with Crippen LogP contribution < -0.4 is 10.1 Å². The van der Waals surface area contributed by atoms with E-state index in [9.17, 15) is 4.79 Å². The Hall–Kier alpha value is -2.38. The summed E-state index contributed by atoms with van der Waals surface area (Å²) in [7, 11) is 3.33. The number of carbonyl (C=O) groups is 1. The first-order valence-corrected chi connectivity index (χ1v) is 4.91. The molecule has 2 rings (SSSR count). The number of ether oxygens (including phenoxy) is 1. The fourth-order valence-electron chi connectivity index (χ4n) is 1.35. The number of H-pyrrole nitrogens is 1. The van der Waals surface area contributed by atoms with Gasteiger partial charge in [-0.15, -0.1) is 0 Å². The molecule has 2 aromatic rings. The Morgan fingerprint density at radius 1 is 1.65 bits per heavy atom. The predicted molar refractivity (Wildman–Crippen MR) is 57.3 cm³/mol. The van der Waals surface area contributed by atoms with Gasteiger partial charge < -0.3 is 10.1 Å². The molecule has 0 aliphatic carbocycles. The third-order valence-electron chi connectivity index (χ3n) is 2.16. The largest absolute Gasteiger partial charge is 0.481 e. The molecule has 0 saturated heterocycles. The second-order valence-corrected chi connectivity index (χ2v) is 3.32. The van der Waals surface area contributed by atoms with E-state index in [2.05, 4.69) is 25.6 Å². The van der Waals surface area contributed by atoms with Crippen molar-refractivity contribution in [1.29, 1.82) is 0 Å². The summed E-state index contributed by atoms with van der Waals surface area (Å²) in [4.78, 5) is 15.3. The molecule has 0 aromatic carbocycles. The van der Waals surface area contributed by atoms with Crippen LogP contribution in [0.3, 0.4) is 0 Å². The molecule has 17 heavy (non-hydrogen) atoms. The molecule has 2 N–H and O–H groups in total. The minimum atomic E-state index is -0.327. The molecule has 8 heteroatoms. The van der Waals surface area contributed by atoms with Crippen LogP contribution >= 0.6 is 0 Å². The van der Waals surface area contributed by atoms with Gasteiger partial charge in [-0.3, -0.25) is 9.89 Å². The molecule has 0 atom stereocenters. The molecule has 2 aromatic heterocycles. The van der Waals surface area contributed by atoms with Crippen molar-refractivity contribution >= 4 is 5.91 Å². The topological polar surface area (TPSA) is 97.7 Å². The average Bonchev–Trinajstić information content (AvgIpc) is 2.95. The maximum absolute atomic E-state index is 11.5. The first-order chi connectivity index (χ1) is 8.20. The van der Waals surface area contributed by atoms with Crippen LogP contribution in [0.25, 0.3) is 0 Å². The Labute approximate surface area is 97.0 Å². The third-order valence-corrected chi connectivity index (χ3v) is 2.16. The Morgan fingerprint density at radius 2 is 2.47 bits per heavy atom. The molecular weight excluding hydrogens is 224 g/mol. The number of methoxy groups -OCH3 is 1. The van der Waals surface area contributed by atoms with Crippen molar-refractivity contribution in [2.75, 3.05) is 7.11 Å². The van der Waals surface area contributed by atoms with E-state index >= 15 is 0 Å². The van der Waals surface area contributed by atoms with Crippen molar-refractivity contribution in [3.05, 3.63) is 23.9 Å². The average molecular weight is 236 g/mol. The monoisotopic (exact) mass is 236 g/mol. The van der Waals surface area contributed by atoms with E-state index in [1.807, 2.05) is 0 Å². The molecule has 0 saturated carbocycles. The van der Waals surface area contributed by atoms with E-state index in [1.54, 1.807) is 24.9 Å². The summed E-state index contributed by atoms with van der Waals surface area (Å²) >= 11 is 0. The fourth-order valence-corrected chi connectivity index (χ4v) is 1.35. The van der Waals surface area contributed by atoms with E-state index < -0.39 is 0 Å². The smallest absolute Gasteiger partial charge is 0.288 e. The molecule has 2 heterocycles. The van der Waals surface area contributed by atoms with Crippen LogP contribution in [0.15, 0.2) is 12.4 Å². The van der Waals surface area contributed by atoms with Crippen LogP contribution in [0.5, 0.6) is 5.88 Å². The van der Waals surface area contributed by atoms with Gasteiger partial charge in [0.15, 0.2) is 0 Å². The quantitative estimate of drug-likeness (QED) is 0.744. The lowest BCUT2D eigenvalue weighted by Crippen LogP contribution is -2.24. The first-order valence-electron chi connectivity index (χ1n) is 4.91. The van der Waals surface area contributed by atoms with Crippen LogP contribution in [0.4, 0.5) is 0 Å². The maximum Gasteiger partial charge on any atom is 0.288 e. The highest BCUT2D eigenvalue weighted by molar-refractivity contribution is 5.90. The van der Waals surface area contributed by atoms with E-state index in [0.717, 1.165) is 0 Å². The van der Waals surface area contributed by atoms with E-state index in [-0.39, 0.29) is 11.7 Å². The van der Waals surface area contributed by atoms with Crippen LogP contribution in [0.1, 0.15) is 16.3 Å². The molecule has 8 nitrogen and oxygen atoms in total. The SMILES string of the molecule is COc1cc(CNC(=O)c2ncn[nH]2)nn1C. The van der Waals surface area contributed by atoms with Gasteiger partial charge in [0.05, 0.1) is 19.3 Å². The number of hydrogen-bond acceptors (Lipinski definition) is 5. The molecule has 0 aliphatic rings. The zero-order chi connectivity index (χ0) is 12.3. The number of carbonyl (C=O) groups excluding carboxylic acids is 1. The van der Waals surface area contributed by atoms with Gasteiger partial charge in [0.1, 0.15) is 6.33 Å². The molecule has 0 aliphatic heterocycles. The van der Waals surface area contributed by atoms with Crippen molar-refractivity contribution in [3.8, 4) is 5.88 Å². The van der Waals surface area contributed by atoms with Gasteiger partial charge in [-0.2, -0.15) is 10.2 Å².